The van der Waals surface area contributed by atoms with Gasteiger partial charge in [0.25, 0.3) is 0 Å². The summed E-state index contributed by atoms with van der Waals surface area (Å²) in [5.41, 5.74) is 0. The molecule has 1 aliphatic rings. The van der Waals surface area contributed by atoms with E-state index in [9.17, 15) is 28.8 Å². The molecule has 132 valence electrons. The summed E-state index contributed by atoms with van der Waals surface area (Å²) in [5.74, 6) is -2.36. The SMILES string of the molecule is C[C@H]1C[C@@H](O)[C@@](O)(COP(=O)(O)OP(=O)(O)OP(=O)(O)O)O1. The summed E-state index contributed by atoms with van der Waals surface area (Å²) >= 11 is 0. The summed E-state index contributed by atoms with van der Waals surface area (Å²) in [6.45, 7) is 0.369. The van der Waals surface area contributed by atoms with Crippen molar-refractivity contribution in [2.24, 2.45) is 0 Å². The monoisotopic (exact) mass is 388 g/mol. The lowest BCUT2D eigenvalue weighted by atomic mass is 10.1. The van der Waals surface area contributed by atoms with E-state index >= 15 is 0 Å². The van der Waals surface area contributed by atoms with Crippen molar-refractivity contribution in [2.45, 2.75) is 31.3 Å². The molecule has 22 heavy (non-hydrogen) atoms. The zero-order valence-electron chi connectivity index (χ0n) is 11.0. The second-order valence-corrected chi connectivity index (χ2v) is 8.81. The summed E-state index contributed by atoms with van der Waals surface area (Å²) in [5, 5.41) is 19.3. The molecule has 0 aromatic carbocycles. The Hall–Kier alpha value is 0.290. The third kappa shape index (κ3) is 6.42. The van der Waals surface area contributed by atoms with Crippen LogP contribution < -0.4 is 0 Å². The molecule has 0 bridgehead atoms. The van der Waals surface area contributed by atoms with Gasteiger partial charge in [-0.2, -0.15) is 8.62 Å². The first-order valence-electron chi connectivity index (χ1n) is 5.51. The van der Waals surface area contributed by atoms with Gasteiger partial charge in [-0.05, 0) is 6.92 Å². The number of phosphoric ester groups is 1. The molecule has 1 rings (SSSR count). The van der Waals surface area contributed by atoms with Crippen LogP contribution >= 0.6 is 23.5 Å². The van der Waals surface area contributed by atoms with Gasteiger partial charge in [0.05, 0.1) is 6.10 Å². The standard InChI is InChI=1S/C6H15O13P3/c1-4-2-5(7)6(8,17-4)3-16-21(12,13)19-22(14,15)18-20(9,10)11/h4-5,7-8H,2-3H2,1H3,(H,12,13)(H,14,15)(H2,9,10,11)/t4-,5+,6+/m0/s1. The van der Waals surface area contributed by atoms with Crippen LogP contribution in [0, 0.1) is 0 Å². The Bertz CT molecular complexity index is 542. The van der Waals surface area contributed by atoms with Crippen molar-refractivity contribution < 1.29 is 61.4 Å². The Labute approximate surface area is 123 Å². The molecule has 0 aromatic heterocycles. The van der Waals surface area contributed by atoms with Crippen molar-refractivity contribution in [3.8, 4) is 0 Å². The van der Waals surface area contributed by atoms with Crippen molar-refractivity contribution in [1.29, 1.82) is 0 Å². The predicted octanol–water partition coefficient (Wildman–Crippen LogP) is -0.812. The lowest BCUT2D eigenvalue weighted by Crippen LogP contribution is -2.43. The second-order valence-electron chi connectivity index (χ2n) is 4.39. The first-order valence-corrected chi connectivity index (χ1v) is 10.0. The van der Waals surface area contributed by atoms with Crippen LogP contribution in [0.4, 0.5) is 0 Å². The summed E-state index contributed by atoms with van der Waals surface area (Å²) in [6, 6.07) is 0. The van der Waals surface area contributed by atoms with Crippen LogP contribution in [0.5, 0.6) is 0 Å². The van der Waals surface area contributed by atoms with Gasteiger partial charge in [0, 0.05) is 6.42 Å². The minimum Gasteiger partial charge on any atom is -0.387 e. The molecule has 0 saturated carbocycles. The van der Waals surface area contributed by atoms with E-state index in [2.05, 4.69) is 13.1 Å². The van der Waals surface area contributed by atoms with E-state index in [1.54, 1.807) is 0 Å². The van der Waals surface area contributed by atoms with Crippen molar-refractivity contribution in [3.05, 3.63) is 0 Å². The molecule has 6 N–H and O–H groups in total. The van der Waals surface area contributed by atoms with Crippen LogP contribution in [-0.2, 0) is 31.6 Å². The Morgan fingerprint density at radius 2 is 1.68 bits per heavy atom. The molecular weight excluding hydrogens is 373 g/mol. The third-order valence-corrected chi connectivity index (χ3v) is 6.11. The van der Waals surface area contributed by atoms with E-state index in [0.29, 0.717) is 0 Å². The quantitative estimate of drug-likeness (QED) is 0.295. The fourth-order valence-electron chi connectivity index (χ4n) is 1.58. The fourth-order valence-corrected chi connectivity index (χ4v) is 4.62. The molecule has 0 spiro atoms. The lowest BCUT2D eigenvalue weighted by molar-refractivity contribution is -0.240. The van der Waals surface area contributed by atoms with E-state index < -0.39 is 48.1 Å². The van der Waals surface area contributed by atoms with Gasteiger partial charge in [-0.1, -0.05) is 0 Å². The van der Waals surface area contributed by atoms with Gasteiger partial charge in [0.2, 0.25) is 5.79 Å². The van der Waals surface area contributed by atoms with E-state index in [-0.39, 0.29) is 6.42 Å². The van der Waals surface area contributed by atoms with Gasteiger partial charge in [-0.3, -0.25) is 4.52 Å². The molecule has 0 aliphatic carbocycles. The minimum atomic E-state index is -5.63. The minimum absolute atomic E-state index is 0.00371. The number of hydrogen-bond acceptors (Lipinski definition) is 9. The predicted molar refractivity (Wildman–Crippen MR) is 65.9 cm³/mol. The first-order chi connectivity index (χ1) is 9.64. The van der Waals surface area contributed by atoms with Crippen LogP contribution in [-0.4, -0.2) is 54.4 Å². The highest BCUT2D eigenvalue weighted by atomic mass is 31.3. The maximum absolute atomic E-state index is 11.4. The first kappa shape index (κ1) is 20.3. The molecule has 2 unspecified atom stereocenters. The van der Waals surface area contributed by atoms with Gasteiger partial charge in [0.1, 0.15) is 12.7 Å². The van der Waals surface area contributed by atoms with Crippen molar-refractivity contribution in [1.82, 2.24) is 0 Å². The molecule has 16 heteroatoms. The van der Waals surface area contributed by atoms with Crippen LogP contribution in [0.3, 0.4) is 0 Å². The summed E-state index contributed by atoms with van der Waals surface area (Å²) in [4.78, 5) is 34.7. The molecule has 1 aliphatic heterocycles. The molecule has 0 aromatic rings. The average Bonchev–Trinajstić information content (AvgIpc) is 2.45. The Kier molecular flexibility index (Phi) is 6.15. The van der Waals surface area contributed by atoms with Gasteiger partial charge in [-0.25, -0.2) is 13.7 Å². The summed E-state index contributed by atoms with van der Waals surface area (Å²) < 4.78 is 48.8. The van der Waals surface area contributed by atoms with E-state index in [1.165, 1.54) is 6.92 Å². The van der Waals surface area contributed by atoms with Gasteiger partial charge >= 0.3 is 23.5 Å². The topological polar surface area (TPSA) is 210 Å². The Morgan fingerprint density at radius 3 is 2.09 bits per heavy atom. The van der Waals surface area contributed by atoms with Gasteiger partial charge in [-0.15, -0.1) is 0 Å². The highest BCUT2D eigenvalue weighted by molar-refractivity contribution is 7.66. The molecule has 0 radical (unpaired) electrons. The number of aliphatic hydroxyl groups excluding tert-OH is 1. The molecule has 13 nitrogen and oxygen atoms in total. The molecule has 1 heterocycles. The van der Waals surface area contributed by atoms with Crippen molar-refractivity contribution in [3.63, 3.8) is 0 Å². The smallest absolute Gasteiger partial charge is 0.387 e. The van der Waals surface area contributed by atoms with Crippen LogP contribution in [0.15, 0.2) is 0 Å². The molecule has 1 fully saturated rings. The van der Waals surface area contributed by atoms with E-state index in [4.69, 9.17) is 19.4 Å². The highest BCUT2D eigenvalue weighted by Crippen LogP contribution is 2.66. The average molecular weight is 388 g/mol. The highest BCUT2D eigenvalue weighted by Gasteiger charge is 2.48. The third-order valence-electron chi connectivity index (χ3n) is 2.33. The van der Waals surface area contributed by atoms with E-state index in [0.717, 1.165) is 0 Å². The normalized spacial score (nSPS) is 35.0. The Morgan fingerprint density at radius 1 is 1.14 bits per heavy atom. The number of ether oxygens (including phenoxy) is 1. The van der Waals surface area contributed by atoms with Gasteiger partial charge in [0.15, 0.2) is 0 Å². The number of phosphoric acid groups is 3. The number of hydrogen-bond donors (Lipinski definition) is 6. The molecule has 1 saturated heterocycles. The van der Waals surface area contributed by atoms with Crippen LogP contribution in [0.25, 0.3) is 0 Å². The second kappa shape index (κ2) is 6.66. The van der Waals surface area contributed by atoms with E-state index in [1.807, 2.05) is 0 Å². The van der Waals surface area contributed by atoms with Gasteiger partial charge < -0.3 is 34.5 Å². The fraction of sp³-hybridized carbons (Fsp3) is 1.00. The zero-order valence-corrected chi connectivity index (χ0v) is 13.6. The van der Waals surface area contributed by atoms with Crippen LogP contribution in [0.1, 0.15) is 13.3 Å². The maximum atomic E-state index is 11.4. The largest absolute Gasteiger partial charge is 0.490 e. The summed E-state index contributed by atoms with van der Waals surface area (Å²) in [7, 11) is -16.5. The van der Waals surface area contributed by atoms with Crippen molar-refractivity contribution >= 4 is 23.5 Å². The molecule has 5 atom stereocenters. The molecule has 0 amide bonds. The van der Waals surface area contributed by atoms with Crippen LogP contribution in [0.2, 0.25) is 0 Å². The number of rotatable bonds is 7. The Balaban J connectivity index is 2.67. The zero-order chi connectivity index (χ0) is 17.4. The summed E-state index contributed by atoms with van der Waals surface area (Å²) in [6.07, 6.45) is -2.06. The van der Waals surface area contributed by atoms with Crippen molar-refractivity contribution in [2.75, 3.05) is 6.61 Å². The number of aliphatic hydroxyl groups is 2. The lowest BCUT2D eigenvalue weighted by Gasteiger charge is -2.26. The molecular formula is C6H15O13P3. The maximum Gasteiger partial charge on any atom is 0.490 e.